The summed E-state index contributed by atoms with van der Waals surface area (Å²) in [4.78, 5) is 9.63. The molecule has 4 heterocycles. The van der Waals surface area contributed by atoms with Crippen molar-refractivity contribution in [2.75, 3.05) is 18.0 Å². The smallest absolute Gasteiger partial charge is 0.356 e. The van der Waals surface area contributed by atoms with Gasteiger partial charge in [0.2, 0.25) is 0 Å². The zero-order valence-corrected chi connectivity index (χ0v) is 14.3. The van der Waals surface area contributed by atoms with Crippen molar-refractivity contribution in [2.24, 2.45) is 7.05 Å². The molecule has 138 valence electrons. The minimum absolute atomic E-state index is 0.0391. The van der Waals surface area contributed by atoms with Crippen LogP contribution in [0.25, 0.3) is 5.78 Å². The van der Waals surface area contributed by atoms with Crippen LogP contribution in [0.5, 0.6) is 0 Å². The van der Waals surface area contributed by atoms with Crippen LogP contribution < -0.4 is 4.90 Å². The molecule has 0 spiro atoms. The number of hydrogen-bond acceptors (Lipinski definition) is 6. The Labute approximate surface area is 146 Å². The number of rotatable bonds is 2. The van der Waals surface area contributed by atoms with E-state index < -0.39 is 12.0 Å². The maximum Gasteiger partial charge on any atom is 0.453 e. The van der Waals surface area contributed by atoms with Crippen molar-refractivity contribution in [2.45, 2.75) is 31.9 Å². The first-order valence-corrected chi connectivity index (χ1v) is 8.23. The molecule has 0 N–H and O–H groups in total. The zero-order chi connectivity index (χ0) is 18.5. The van der Waals surface area contributed by atoms with Gasteiger partial charge in [-0.3, -0.25) is 0 Å². The van der Waals surface area contributed by atoms with Crippen LogP contribution in [-0.2, 0) is 13.2 Å². The van der Waals surface area contributed by atoms with Gasteiger partial charge in [-0.15, -0.1) is 15.3 Å². The average Bonchev–Trinajstić information content (AvgIpc) is 3.20. The number of alkyl halides is 3. The molecule has 11 heteroatoms. The van der Waals surface area contributed by atoms with E-state index in [-0.39, 0.29) is 11.7 Å². The van der Waals surface area contributed by atoms with Gasteiger partial charge in [-0.25, -0.2) is 4.98 Å². The Morgan fingerprint density at radius 2 is 1.88 bits per heavy atom. The normalized spacial score (nSPS) is 16.6. The van der Waals surface area contributed by atoms with Crippen LogP contribution in [0.2, 0.25) is 0 Å². The van der Waals surface area contributed by atoms with Crippen LogP contribution >= 0.6 is 0 Å². The minimum atomic E-state index is -4.60. The third-order valence-corrected chi connectivity index (χ3v) is 4.61. The van der Waals surface area contributed by atoms with E-state index in [9.17, 15) is 13.2 Å². The summed E-state index contributed by atoms with van der Waals surface area (Å²) in [5, 5.41) is 11.7. The van der Waals surface area contributed by atoms with Crippen LogP contribution in [0.4, 0.5) is 19.0 Å². The van der Waals surface area contributed by atoms with Crippen molar-refractivity contribution in [3.05, 3.63) is 29.7 Å². The van der Waals surface area contributed by atoms with Gasteiger partial charge in [0.15, 0.2) is 0 Å². The fraction of sp³-hybridized carbons (Fsp3) is 0.533. The molecule has 0 atom stereocenters. The lowest BCUT2D eigenvalue weighted by Gasteiger charge is -2.33. The molecule has 1 aliphatic rings. The summed E-state index contributed by atoms with van der Waals surface area (Å²) >= 11 is 0. The quantitative estimate of drug-likeness (QED) is 0.690. The van der Waals surface area contributed by atoms with E-state index in [0.29, 0.717) is 24.6 Å². The second kappa shape index (κ2) is 5.92. The molecular formula is C15H17F3N8. The van der Waals surface area contributed by atoms with Gasteiger partial charge in [-0.05, 0) is 19.8 Å². The Hall–Kier alpha value is -2.72. The van der Waals surface area contributed by atoms with Gasteiger partial charge in [0.1, 0.15) is 18.0 Å². The molecule has 3 aromatic rings. The summed E-state index contributed by atoms with van der Waals surface area (Å²) in [7, 11) is 1.91. The summed E-state index contributed by atoms with van der Waals surface area (Å²) in [5.41, 5.74) is 0.601. The van der Waals surface area contributed by atoms with Crippen molar-refractivity contribution in [1.82, 2.24) is 34.3 Å². The molecule has 26 heavy (non-hydrogen) atoms. The van der Waals surface area contributed by atoms with Gasteiger partial charge in [0, 0.05) is 37.8 Å². The molecule has 4 rings (SSSR count). The van der Waals surface area contributed by atoms with Gasteiger partial charge < -0.3 is 9.47 Å². The summed E-state index contributed by atoms with van der Waals surface area (Å²) in [5.74, 6) is 0.569. The van der Waals surface area contributed by atoms with E-state index in [1.165, 1.54) is 4.52 Å². The molecule has 1 aliphatic heterocycles. The Kier molecular flexibility index (Phi) is 3.81. The molecule has 0 radical (unpaired) electrons. The number of hydrogen-bond donors (Lipinski definition) is 0. The van der Waals surface area contributed by atoms with Gasteiger partial charge in [0.25, 0.3) is 11.6 Å². The lowest BCUT2D eigenvalue weighted by molar-refractivity contribution is -0.144. The number of halogens is 3. The molecule has 8 nitrogen and oxygen atoms in total. The van der Waals surface area contributed by atoms with Crippen molar-refractivity contribution in [1.29, 1.82) is 0 Å². The van der Waals surface area contributed by atoms with Crippen molar-refractivity contribution in [3.63, 3.8) is 0 Å². The van der Waals surface area contributed by atoms with Crippen LogP contribution in [0.3, 0.4) is 0 Å². The molecule has 0 amide bonds. The van der Waals surface area contributed by atoms with E-state index in [4.69, 9.17) is 0 Å². The predicted molar refractivity (Wildman–Crippen MR) is 85.7 cm³/mol. The zero-order valence-electron chi connectivity index (χ0n) is 14.3. The number of anilines is 1. The maximum atomic E-state index is 13.0. The lowest BCUT2D eigenvalue weighted by atomic mass is 9.96. The van der Waals surface area contributed by atoms with Crippen LogP contribution in [0, 0.1) is 6.92 Å². The van der Waals surface area contributed by atoms with Crippen molar-refractivity contribution < 1.29 is 13.2 Å². The van der Waals surface area contributed by atoms with Crippen molar-refractivity contribution >= 4 is 11.6 Å². The highest BCUT2D eigenvalue weighted by molar-refractivity contribution is 5.48. The van der Waals surface area contributed by atoms with Crippen LogP contribution in [-0.4, -0.2) is 47.4 Å². The molecule has 1 fully saturated rings. The van der Waals surface area contributed by atoms with Crippen LogP contribution in [0.15, 0.2) is 12.4 Å². The molecule has 3 aromatic heterocycles. The Balaban J connectivity index is 1.63. The average molecular weight is 366 g/mol. The van der Waals surface area contributed by atoms with E-state index in [1.54, 1.807) is 19.3 Å². The highest BCUT2D eigenvalue weighted by atomic mass is 19.4. The highest BCUT2D eigenvalue weighted by Crippen LogP contribution is 2.31. The van der Waals surface area contributed by atoms with Gasteiger partial charge in [-0.2, -0.15) is 22.7 Å². The van der Waals surface area contributed by atoms with Gasteiger partial charge in [0.05, 0.1) is 0 Å². The topological polar surface area (TPSA) is 77.0 Å². The first-order valence-electron chi connectivity index (χ1n) is 8.23. The Bertz CT molecular complexity index is 936. The van der Waals surface area contributed by atoms with Crippen LogP contribution in [0.1, 0.15) is 36.1 Å². The van der Waals surface area contributed by atoms with Gasteiger partial charge >= 0.3 is 6.18 Å². The lowest BCUT2D eigenvalue weighted by Crippen LogP contribution is -2.35. The van der Waals surface area contributed by atoms with Gasteiger partial charge in [-0.1, -0.05) is 0 Å². The van der Waals surface area contributed by atoms with E-state index in [1.807, 2.05) is 16.5 Å². The largest absolute Gasteiger partial charge is 0.453 e. The molecule has 0 saturated carbocycles. The summed E-state index contributed by atoms with van der Waals surface area (Å²) < 4.78 is 41.9. The molecule has 0 aliphatic carbocycles. The predicted octanol–water partition coefficient (Wildman–Crippen LogP) is 1.96. The van der Waals surface area contributed by atoms with E-state index >= 15 is 0 Å². The molecule has 1 saturated heterocycles. The monoisotopic (exact) mass is 366 g/mol. The molecule has 0 aromatic carbocycles. The fourth-order valence-corrected chi connectivity index (χ4v) is 3.34. The number of aryl methyl sites for hydroxylation is 2. The summed E-state index contributed by atoms with van der Waals surface area (Å²) in [6, 6.07) is 1.74. The Morgan fingerprint density at radius 3 is 2.50 bits per heavy atom. The SMILES string of the molecule is Cc1cc(N2CCC(c3nncn3C)CC2)n2nc(C(F)(F)F)nc2n1. The summed E-state index contributed by atoms with van der Waals surface area (Å²) in [6.07, 6.45) is -1.27. The Morgan fingerprint density at radius 1 is 1.15 bits per heavy atom. The second-order valence-electron chi connectivity index (χ2n) is 6.46. The number of aromatic nitrogens is 7. The van der Waals surface area contributed by atoms with Crippen molar-refractivity contribution in [3.8, 4) is 0 Å². The first kappa shape index (κ1) is 16.7. The molecule has 0 bridgehead atoms. The summed E-state index contributed by atoms with van der Waals surface area (Å²) in [6.45, 7) is 3.09. The molecular weight excluding hydrogens is 349 g/mol. The third-order valence-electron chi connectivity index (χ3n) is 4.61. The number of nitrogens with zero attached hydrogens (tertiary/aromatic N) is 8. The third kappa shape index (κ3) is 2.86. The maximum absolute atomic E-state index is 13.0. The molecule has 0 unspecified atom stereocenters. The van der Waals surface area contributed by atoms with E-state index in [2.05, 4.69) is 25.3 Å². The number of piperidine rings is 1. The minimum Gasteiger partial charge on any atom is -0.356 e. The fourth-order valence-electron chi connectivity index (χ4n) is 3.34. The second-order valence-corrected chi connectivity index (χ2v) is 6.46. The highest BCUT2D eigenvalue weighted by Gasteiger charge is 2.37. The number of fused-ring (bicyclic) bond motifs is 1. The standard InChI is InChI=1S/C15H17F3N8/c1-9-7-11(26-14(20-9)21-13(23-26)15(16,17)18)25-5-3-10(4-6-25)12-22-19-8-24(12)2/h7-8,10H,3-6H2,1-2H3. The van der Waals surface area contributed by atoms with E-state index in [0.717, 1.165) is 18.7 Å². The first-order chi connectivity index (χ1) is 12.3.